The average molecular weight is 406 g/mol. The summed E-state index contributed by atoms with van der Waals surface area (Å²) in [6.45, 7) is 0. The Morgan fingerprint density at radius 3 is 2.04 bits per heavy atom. The van der Waals surface area contributed by atoms with Crippen molar-refractivity contribution < 1.29 is 38.8 Å². The minimum absolute atomic E-state index is 0.0151. The first kappa shape index (κ1) is 20.1. The molecule has 0 atom stereocenters. The maximum Gasteiger partial charge on any atom is 0.472 e. The van der Waals surface area contributed by atoms with Crippen LogP contribution in [-0.2, 0) is 13.7 Å². The second kappa shape index (κ2) is 6.84. The van der Waals surface area contributed by atoms with Crippen molar-refractivity contribution in [3.8, 4) is 0 Å². The van der Waals surface area contributed by atoms with E-state index in [1.807, 2.05) is 0 Å². The molecular formula is C14H15F5O4S2. The molecule has 2 rings (SSSR count). The van der Waals surface area contributed by atoms with Gasteiger partial charge in [-0.1, -0.05) is 30.3 Å². The minimum Gasteiger partial charge on any atom is -0.293 e. The second-order valence-corrected chi connectivity index (χ2v) is 10.6. The Morgan fingerprint density at radius 1 is 1.04 bits per heavy atom. The van der Waals surface area contributed by atoms with Gasteiger partial charge in [0.05, 0.1) is 5.75 Å². The van der Waals surface area contributed by atoms with Crippen LogP contribution in [0.2, 0.25) is 0 Å². The number of ketones is 1. The largest absolute Gasteiger partial charge is 0.472 e. The number of benzene rings is 1. The molecule has 4 nitrogen and oxygen atoms in total. The van der Waals surface area contributed by atoms with Gasteiger partial charge in [-0.15, -0.1) is 10.3 Å². The Morgan fingerprint density at radius 2 is 1.56 bits per heavy atom. The first-order valence-electron chi connectivity index (χ1n) is 7.15. The third kappa shape index (κ3) is 4.14. The zero-order valence-corrected chi connectivity index (χ0v) is 14.4. The Labute approximate surface area is 143 Å². The van der Waals surface area contributed by atoms with Gasteiger partial charge in [-0.25, -0.2) is 3.63 Å². The molecule has 0 aromatic heterocycles. The zero-order chi connectivity index (χ0) is 18.9. The number of alkyl halides is 5. The molecule has 142 valence electrons. The van der Waals surface area contributed by atoms with Crippen LogP contribution in [0.4, 0.5) is 22.0 Å². The molecule has 1 aromatic rings. The highest BCUT2D eigenvalue weighted by molar-refractivity contribution is 8.33. The van der Waals surface area contributed by atoms with Crippen molar-refractivity contribution in [1.29, 1.82) is 0 Å². The van der Waals surface area contributed by atoms with Crippen LogP contribution in [0.15, 0.2) is 30.3 Å². The SMILES string of the molecule is O=C(CS1(OS(=O)(=O)C(F)(F)C(F)(F)F)CCCC1)c1ccccc1. The smallest absolute Gasteiger partial charge is 0.293 e. The topological polar surface area (TPSA) is 60.4 Å². The van der Waals surface area contributed by atoms with E-state index in [4.69, 9.17) is 0 Å². The summed E-state index contributed by atoms with van der Waals surface area (Å²) in [6.07, 6.45) is -5.51. The van der Waals surface area contributed by atoms with Crippen LogP contribution in [0.25, 0.3) is 0 Å². The summed E-state index contributed by atoms with van der Waals surface area (Å²) in [5.41, 5.74) is 0.213. The number of hydrogen-bond acceptors (Lipinski definition) is 4. The molecule has 25 heavy (non-hydrogen) atoms. The molecule has 0 unspecified atom stereocenters. The normalized spacial score (nSPS) is 19.6. The molecule has 1 aliphatic rings. The van der Waals surface area contributed by atoms with Crippen LogP contribution < -0.4 is 0 Å². The molecule has 0 spiro atoms. The Balaban J connectivity index is 2.28. The summed E-state index contributed by atoms with van der Waals surface area (Å²) >= 11 is 0. The summed E-state index contributed by atoms with van der Waals surface area (Å²) in [5.74, 6) is -1.09. The molecule has 0 saturated carbocycles. The van der Waals surface area contributed by atoms with E-state index in [0.717, 1.165) is 0 Å². The lowest BCUT2D eigenvalue weighted by atomic mass is 10.2. The Hall–Kier alpha value is -1.20. The molecule has 0 amide bonds. The number of Topliss-reactive ketones (excluding diaryl/α,β-unsaturated/α-hetero) is 1. The maximum atomic E-state index is 13.3. The van der Waals surface area contributed by atoms with Crippen LogP contribution in [0.1, 0.15) is 23.2 Å². The van der Waals surface area contributed by atoms with E-state index in [0.29, 0.717) is 12.8 Å². The van der Waals surface area contributed by atoms with Crippen molar-refractivity contribution >= 4 is 26.2 Å². The van der Waals surface area contributed by atoms with Gasteiger partial charge >= 0.3 is 21.5 Å². The molecule has 0 bridgehead atoms. The minimum atomic E-state index is -6.30. The molecule has 1 heterocycles. The highest BCUT2D eigenvalue weighted by Crippen LogP contribution is 2.58. The van der Waals surface area contributed by atoms with Gasteiger partial charge in [0, 0.05) is 17.1 Å². The zero-order valence-electron chi connectivity index (χ0n) is 12.8. The summed E-state index contributed by atoms with van der Waals surface area (Å²) in [7, 11) is -9.19. The molecule has 1 aromatic carbocycles. The van der Waals surface area contributed by atoms with Crippen LogP contribution >= 0.6 is 10.3 Å². The van der Waals surface area contributed by atoms with Crippen molar-refractivity contribution in [1.82, 2.24) is 0 Å². The fourth-order valence-corrected chi connectivity index (χ4v) is 7.87. The number of carbonyl (C=O) groups is 1. The average Bonchev–Trinajstić information content (AvgIpc) is 2.94. The quantitative estimate of drug-likeness (QED) is 0.531. The highest BCUT2D eigenvalue weighted by Gasteiger charge is 2.69. The van der Waals surface area contributed by atoms with Gasteiger partial charge in [0.2, 0.25) is 0 Å². The van der Waals surface area contributed by atoms with Crippen molar-refractivity contribution in [2.45, 2.75) is 24.3 Å². The van der Waals surface area contributed by atoms with Crippen LogP contribution in [0.5, 0.6) is 0 Å². The third-order valence-corrected chi connectivity index (χ3v) is 9.23. The van der Waals surface area contributed by atoms with Crippen LogP contribution in [-0.4, -0.2) is 42.9 Å². The Kier molecular flexibility index (Phi) is 5.50. The first-order chi connectivity index (χ1) is 11.4. The molecule has 1 saturated heterocycles. The predicted molar refractivity (Wildman–Crippen MR) is 83.2 cm³/mol. The fraction of sp³-hybridized carbons (Fsp3) is 0.500. The standard InChI is InChI=1S/C14H15F5O4S2/c15-13(16,17)14(18,19)25(21,22)23-24(8-4-5-9-24)10-12(20)11-6-2-1-3-7-11/h1-3,6-7H,4-5,8-10H2. The van der Waals surface area contributed by atoms with Crippen LogP contribution in [0.3, 0.4) is 0 Å². The molecule has 0 radical (unpaired) electrons. The molecular weight excluding hydrogens is 391 g/mol. The van der Waals surface area contributed by atoms with E-state index in [2.05, 4.69) is 3.63 Å². The molecule has 1 fully saturated rings. The summed E-state index contributed by atoms with van der Waals surface area (Å²) in [4.78, 5) is 12.3. The van der Waals surface area contributed by atoms with Gasteiger partial charge in [-0.2, -0.15) is 30.4 Å². The van der Waals surface area contributed by atoms with Crippen molar-refractivity contribution in [2.75, 3.05) is 17.3 Å². The summed E-state index contributed by atoms with van der Waals surface area (Å²) in [5, 5.41) is -6.03. The fourth-order valence-electron chi connectivity index (χ4n) is 2.39. The molecule has 11 heteroatoms. The van der Waals surface area contributed by atoms with Crippen molar-refractivity contribution in [3.63, 3.8) is 0 Å². The van der Waals surface area contributed by atoms with E-state index in [1.165, 1.54) is 12.1 Å². The molecule has 0 aliphatic carbocycles. The van der Waals surface area contributed by atoms with Gasteiger partial charge in [0.15, 0.2) is 5.78 Å². The van der Waals surface area contributed by atoms with E-state index in [9.17, 15) is 35.2 Å². The monoisotopic (exact) mass is 406 g/mol. The van der Waals surface area contributed by atoms with Gasteiger partial charge < -0.3 is 0 Å². The third-order valence-electron chi connectivity index (χ3n) is 3.65. The van der Waals surface area contributed by atoms with E-state index >= 15 is 0 Å². The second-order valence-electron chi connectivity index (χ2n) is 5.55. The summed E-state index contributed by atoms with van der Waals surface area (Å²) in [6, 6.07) is 7.64. The van der Waals surface area contributed by atoms with Crippen molar-refractivity contribution in [2.24, 2.45) is 0 Å². The lowest BCUT2D eigenvalue weighted by Gasteiger charge is -2.34. The van der Waals surface area contributed by atoms with E-state index < -0.39 is 43.4 Å². The number of hydrogen-bond donors (Lipinski definition) is 0. The summed E-state index contributed by atoms with van der Waals surface area (Å²) < 4.78 is 91.4. The van der Waals surface area contributed by atoms with Gasteiger partial charge in [0.1, 0.15) is 0 Å². The molecule has 0 N–H and O–H groups in total. The van der Waals surface area contributed by atoms with Gasteiger partial charge in [0.25, 0.3) is 0 Å². The molecule has 1 aliphatic heterocycles. The Bertz CT molecular complexity index is 725. The number of halogens is 5. The van der Waals surface area contributed by atoms with Gasteiger partial charge in [-0.05, 0) is 12.8 Å². The maximum absolute atomic E-state index is 13.3. The van der Waals surface area contributed by atoms with E-state index in [1.54, 1.807) is 18.2 Å². The first-order valence-corrected chi connectivity index (χ1v) is 10.6. The van der Waals surface area contributed by atoms with Gasteiger partial charge in [-0.3, -0.25) is 4.79 Å². The number of rotatable bonds is 6. The van der Waals surface area contributed by atoms with E-state index in [-0.39, 0.29) is 17.1 Å². The predicted octanol–water partition coefficient (Wildman–Crippen LogP) is 3.88. The van der Waals surface area contributed by atoms with Crippen molar-refractivity contribution in [3.05, 3.63) is 35.9 Å². The lowest BCUT2D eigenvalue weighted by molar-refractivity contribution is -0.243. The number of carbonyl (C=O) groups excluding carboxylic acids is 1. The highest BCUT2D eigenvalue weighted by atomic mass is 32.3. The lowest BCUT2D eigenvalue weighted by Crippen LogP contribution is -2.45. The van der Waals surface area contributed by atoms with Crippen LogP contribution in [0, 0.1) is 0 Å².